The fraction of sp³-hybridized carbons (Fsp3) is 0.625. The molecule has 1 rings (SSSR count). The van der Waals surface area contributed by atoms with Gasteiger partial charge in [-0.3, -0.25) is 0 Å². The number of aryl methyl sites for hydroxylation is 1. The minimum atomic E-state index is 0.644. The summed E-state index contributed by atoms with van der Waals surface area (Å²) >= 11 is 0. The molecule has 1 heteroatoms. The average molecular weight is 233 g/mol. The van der Waals surface area contributed by atoms with E-state index in [4.69, 9.17) is 0 Å². The second-order valence-electron chi connectivity index (χ2n) is 5.16. The van der Waals surface area contributed by atoms with Crippen molar-refractivity contribution < 1.29 is 0 Å². The van der Waals surface area contributed by atoms with Crippen LogP contribution in [-0.4, -0.2) is 13.6 Å². The van der Waals surface area contributed by atoms with Crippen LogP contribution in [0.25, 0.3) is 0 Å². The minimum Gasteiger partial charge on any atom is -0.320 e. The maximum atomic E-state index is 3.19. The lowest BCUT2D eigenvalue weighted by atomic mass is 9.99. The second-order valence-corrected chi connectivity index (χ2v) is 5.16. The quantitative estimate of drug-likeness (QED) is 0.666. The molecule has 0 saturated heterocycles. The second kappa shape index (κ2) is 8.30. The highest BCUT2D eigenvalue weighted by atomic mass is 14.8. The predicted octanol–water partition coefficient (Wildman–Crippen LogP) is 4.13. The van der Waals surface area contributed by atoms with Gasteiger partial charge in [0.2, 0.25) is 0 Å². The lowest BCUT2D eigenvalue weighted by Gasteiger charge is -2.07. The van der Waals surface area contributed by atoms with Crippen LogP contribution < -0.4 is 5.32 Å². The summed E-state index contributed by atoms with van der Waals surface area (Å²) < 4.78 is 0. The Morgan fingerprint density at radius 2 is 1.59 bits per heavy atom. The first-order valence-corrected chi connectivity index (χ1v) is 6.97. The van der Waals surface area contributed by atoms with Gasteiger partial charge in [-0.1, -0.05) is 51.0 Å². The number of benzene rings is 1. The summed E-state index contributed by atoms with van der Waals surface area (Å²) in [5, 5.41) is 3.19. The summed E-state index contributed by atoms with van der Waals surface area (Å²) in [5.74, 6) is 0.644. The normalized spacial score (nSPS) is 11.1. The molecule has 0 spiro atoms. The summed E-state index contributed by atoms with van der Waals surface area (Å²) in [4.78, 5) is 0. The first-order chi connectivity index (χ1) is 8.24. The van der Waals surface area contributed by atoms with Crippen molar-refractivity contribution in [2.45, 2.75) is 51.9 Å². The van der Waals surface area contributed by atoms with Gasteiger partial charge in [0.05, 0.1) is 0 Å². The Morgan fingerprint density at radius 3 is 2.18 bits per heavy atom. The molecule has 0 radical (unpaired) electrons. The van der Waals surface area contributed by atoms with Crippen LogP contribution in [0.15, 0.2) is 24.3 Å². The molecule has 0 unspecified atom stereocenters. The van der Waals surface area contributed by atoms with Gasteiger partial charge >= 0.3 is 0 Å². The highest BCUT2D eigenvalue weighted by Gasteiger charge is 1.99. The number of nitrogens with one attached hydrogen (secondary N) is 1. The fourth-order valence-electron chi connectivity index (χ4n) is 2.05. The molecule has 0 saturated carbocycles. The lowest BCUT2D eigenvalue weighted by molar-refractivity contribution is 0.616. The Bertz CT molecular complexity index is 287. The molecule has 1 aromatic rings. The van der Waals surface area contributed by atoms with Gasteiger partial charge in [-0.15, -0.1) is 0 Å². The van der Waals surface area contributed by atoms with Gasteiger partial charge in [-0.2, -0.15) is 0 Å². The highest BCUT2D eigenvalue weighted by Crippen LogP contribution is 2.16. The van der Waals surface area contributed by atoms with E-state index in [1.54, 1.807) is 0 Å². The predicted molar refractivity (Wildman–Crippen MR) is 76.6 cm³/mol. The molecule has 1 N–H and O–H groups in total. The maximum absolute atomic E-state index is 3.19. The summed E-state index contributed by atoms with van der Waals surface area (Å²) in [6.45, 7) is 5.65. The van der Waals surface area contributed by atoms with Gasteiger partial charge in [-0.05, 0) is 49.9 Å². The fourth-order valence-corrected chi connectivity index (χ4v) is 2.05. The summed E-state index contributed by atoms with van der Waals surface area (Å²) in [7, 11) is 2.02. The van der Waals surface area contributed by atoms with E-state index in [1.165, 1.54) is 43.2 Å². The van der Waals surface area contributed by atoms with E-state index in [2.05, 4.69) is 43.4 Å². The SMILES string of the molecule is CNCCCCCCc1ccc(C(C)C)cc1. The molecule has 0 fully saturated rings. The van der Waals surface area contributed by atoms with Crippen LogP contribution in [0.4, 0.5) is 0 Å². The summed E-state index contributed by atoms with van der Waals surface area (Å²) in [5.41, 5.74) is 2.94. The number of rotatable bonds is 8. The standard InChI is InChI=1S/C16H27N/c1-14(2)16-11-9-15(10-12-16)8-6-4-5-7-13-17-3/h9-12,14,17H,4-8,13H2,1-3H3. The molecule has 0 aliphatic heterocycles. The van der Waals surface area contributed by atoms with Crippen molar-refractivity contribution in [1.29, 1.82) is 0 Å². The van der Waals surface area contributed by atoms with Crippen molar-refractivity contribution in [2.24, 2.45) is 0 Å². The van der Waals surface area contributed by atoms with Crippen LogP contribution in [0.5, 0.6) is 0 Å². The molecule has 1 nitrogen and oxygen atoms in total. The molecule has 96 valence electrons. The Morgan fingerprint density at radius 1 is 0.941 bits per heavy atom. The molecule has 0 heterocycles. The molecule has 1 aromatic carbocycles. The van der Waals surface area contributed by atoms with E-state index in [-0.39, 0.29) is 0 Å². The summed E-state index contributed by atoms with van der Waals surface area (Å²) in [6.07, 6.45) is 6.57. The zero-order chi connectivity index (χ0) is 12.5. The van der Waals surface area contributed by atoms with Crippen LogP contribution in [0, 0.1) is 0 Å². The van der Waals surface area contributed by atoms with E-state index >= 15 is 0 Å². The molecule has 0 aromatic heterocycles. The van der Waals surface area contributed by atoms with Crippen molar-refractivity contribution in [2.75, 3.05) is 13.6 Å². The Kier molecular flexibility index (Phi) is 6.95. The molecular weight excluding hydrogens is 206 g/mol. The third-order valence-corrected chi connectivity index (χ3v) is 3.29. The topological polar surface area (TPSA) is 12.0 Å². The van der Waals surface area contributed by atoms with Gasteiger partial charge in [0.15, 0.2) is 0 Å². The van der Waals surface area contributed by atoms with Gasteiger partial charge in [0.25, 0.3) is 0 Å². The average Bonchev–Trinajstić information content (AvgIpc) is 2.34. The van der Waals surface area contributed by atoms with Crippen molar-refractivity contribution in [3.63, 3.8) is 0 Å². The number of hydrogen-bond donors (Lipinski definition) is 1. The zero-order valence-electron chi connectivity index (χ0n) is 11.6. The molecule has 0 aliphatic rings. The minimum absolute atomic E-state index is 0.644. The monoisotopic (exact) mass is 233 g/mol. The Labute approximate surface area is 107 Å². The zero-order valence-corrected chi connectivity index (χ0v) is 11.6. The van der Waals surface area contributed by atoms with Crippen molar-refractivity contribution in [3.05, 3.63) is 35.4 Å². The largest absolute Gasteiger partial charge is 0.320 e. The van der Waals surface area contributed by atoms with Crippen LogP contribution >= 0.6 is 0 Å². The van der Waals surface area contributed by atoms with Gasteiger partial charge in [-0.25, -0.2) is 0 Å². The van der Waals surface area contributed by atoms with Gasteiger partial charge in [0.1, 0.15) is 0 Å². The Hall–Kier alpha value is -0.820. The third-order valence-electron chi connectivity index (χ3n) is 3.29. The molecule has 0 aliphatic carbocycles. The molecular formula is C16H27N. The van der Waals surface area contributed by atoms with E-state index in [0.29, 0.717) is 5.92 Å². The third kappa shape index (κ3) is 5.88. The van der Waals surface area contributed by atoms with Crippen molar-refractivity contribution in [3.8, 4) is 0 Å². The molecule has 0 atom stereocenters. The van der Waals surface area contributed by atoms with Gasteiger partial charge < -0.3 is 5.32 Å². The first-order valence-electron chi connectivity index (χ1n) is 6.97. The smallest absolute Gasteiger partial charge is 0.00519 e. The van der Waals surface area contributed by atoms with E-state index in [1.807, 2.05) is 7.05 Å². The molecule has 0 bridgehead atoms. The summed E-state index contributed by atoms with van der Waals surface area (Å²) in [6, 6.07) is 9.15. The Balaban J connectivity index is 2.19. The van der Waals surface area contributed by atoms with Crippen LogP contribution in [0.2, 0.25) is 0 Å². The van der Waals surface area contributed by atoms with Gasteiger partial charge in [0, 0.05) is 0 Å². The van der Waals surface area contributed by atoms with E-state index < -0.39 is 0 Å². The first kappa shape index (κ1) is 14.2. The van der Waals surface area contributed by atoms with Crippen LogP contribution in [0.3, 0.4) is 0 Å². The highest BCUT2D eigenvalue weighted by molar-refractivity contribution is 5.24. The molecule has 0 amide bonds. The van der Waals surface area contributed by atoms with Crippen molar-refractivity contribution in [1.82, 2.24) is 5.32 Å². The van der Waals surface area contributed by atoms with Crippen LogP contribution in [-0.2, 0) is 6.42 Å². The lowest BCUT2D eigenvalue weighted by Crippen LogP contribution is -2.06. The van der Waals surface area contributed by atoms with E-state index in [0.717, 1.165) is 6.54 Å². The maximum Gasteiger partial charge on any atom is -0.00519 e. The number of unbranched alkanes of at least 4 members (excludes halogenated alkanes) is 3. The van der Waals surface area contributed by atoms with Crippen LogP contribution in [0.1, 0.15) is 56.6 Å². The number of hydrogen-bond acceptors (Lipinski definition) is 1. The van der Waals surface area contributed by atoms with Crippen molar-refractivity contribution >= 4 is 0 Å². The molecule has 17 heavy (non-hydrogen) atoms. The van der Waals surface area contributed by atoms with E-state index in [9.17, 15) is 0 Å².